The Labute approximate surface area is 198 Å². The molecule has 0 unspecified atom stereocenters. The van der Waals surface area contributed by atoms with Crippen LogP contribution < -0.4 is 46.2 Å². The molecule has 0 aliphatic heterocycles. The number of halogens is 2. The van der Waals surface area contributed by atoms with Crippen LogP contribution in [0.15, 0.2) is 60.7 Å². The SMILES string of the molecule is CC[N+](CC)(CC)c1ccccc1.CC[P+](CC)(CC)c1ccccc1.[Cl-].[I-]. The molecule has 4 heteroatoms. The van der Waals surface area contributed by atoms with Gasteiger partial charge in [0.1, 0.15) is 5.69 Å². The molecule has 2 aromatic carbocycles. The molecule has 28 heavy (non-hydrogen) atoms. The lowest BCUT2D eigenvalue weighted by molar-refractivity contribution is -0.00100. The first kappa shape index (κ1) is 30.0. The Hall–Kier alpha value is -0.150. The number of benzene rings is 2. The quantitative estimate of drug-likeness (QED) is 0.262. The molecule has 1 nitrogen and oxygen atoms in total. The fourth-order valence-electron chi connectivity index (χ4n) is 3.93. The second kappa shape index (κ2) is 15.7. The Morgan fingerprint density at radius 3 is 1.29 bits per heavy atom. The van der Waals surface area contributed by atoms with Crippen molar-refractivity contribution in [1.82, 2.24) is 4.48 Å². The van der Waals surface area contributed by atoms with Crippen LogP contribution in [-0.4, -0.2) is 38.1 Å². The van der Waals surface area contributed by atoms with Crippen LogP contribution in [0.25, 0.3) is 0 Å². The van der Waals surface area contributed by atoms with Gasteiger partial charge in [-0.1, -0.05) is 36.4 Å². The maximum absolute atomic E-state index is 2.34. The third-order valence-corrected chi connectivity index (χ3v) is 11.3. The van der Waals surface area contributed by atoms with Crippen molar-refractivity contribution in [2.75, 3.05) is 38.1 Å². The molecule has 0 saturated heterocycles. The summed E-state index contributed by atoms with van der Waals surface area (Å²) in [5.74, 6) is 0. The third kappa shape index (κ3) is 7.59. The van der Waals surface area contributed by atoms with E-state index >= 15 is 0 Å². The molecular weight excluding hydrogens is 496 g/mol. The summed E-state index contributed by atoms with van der Waals surface area (Å²) in [6, 6.07) is 21.9. The summed E-state index contributed by atoms with van der Waals surface area (Å²) in [6.45, 7) is 17.3. The lowest BCUT2D eigenvalue weighted by Gasteiger charge is -2.35. The van der Waals surface area contributed by atoms with Crippen LogP contribution in [-0.2, 0) is 0 Å². The average molecular weight is 536 g/mol. The summed E-state index contributed by atoms with van der Waals surface area (Å²) in [6.07, 6.45) is 4.05. The molecule has 0 aliphatic carbocycles. The highest BCUT2D eigenvalue weighted by Gasteiger charge is 2.33. The molecule has 0 amide bonds. The first-order valence-electron chi connectivity index (χ1n) is 10.4. The van der Waals surface area contributed by atoms with Crippen LogP contribution in [0.2, 0.25) is 0 Å². The highest BCUT2D eigenvalue weighted by atomic mass is 127. The smallest absolute Gasteiger partial charge is 0.132 e. The van der Waals surface area contributed by atoms with E-state index in [1.807, 2.05) is 0 Å². The van der Waals surface area contributed by atoms with Crippen LogP contribution in [0.5, 0.6) is 0 Å². The Bertz CT molecular complexity index is 526. The Balaban J connectivity index is 0. The Morgan fingerprint density at radius 1 is 0.607 bits per heavy atom. The van der Waals surface area contributed by atoms with Crippen LogP contribution in [0.1, 0.15) is 41.5 Å². The largest absolute Gasteiger partial charge is 1.00 e. The highest BCUT2D eigenvalue weighted by molar-refractivity contribution is 7.82. The van der Waals surface area contributed by atoms with Gasteiger partial charge in [0.25, 0.3) is 0 Å². The van der Waals surface area contributed by atoms with Crippen molar-refractivity contribution in [3.05, 3.63) is 60.7 Å². The van der Waals surface area contributed by atoms with Crippen molar-refractivity contribution in [3.63, 3.8) is 0 Å². The lowest BCUT2D eigenvalue weighted by atomic mass is 10.2. The van der Waals surface area contributed by atoms with Gasteiger partial charge in [0.05, 0.1) is 43.4 Å². The van der Waals surface area contributed by atoms with Gasteiger partial charge < -0.3 is 36.4 Å². The van der Waals surface area contributed by atoms with Gasteiger partial charge in [0, 0.05) is 7.26 Å². The molecule has 160 valence electrons. The molecule has 0 heterocycles. The van der Waals surface area contributed by atoms with E-state index in [1.165, 1.54) is 43.8 Å². The maximum Gasteiger partial charge on any atom is 0.132 e. The van der Waals surface area contributed by atoms with Crippen molar-refractivity contribution < 1.29 is 36.4 Å². The van der Waals surface area contributed by atoms with Gasteiger partial charge >= 0.3 is 0 Å². The zero-order valence-electron chi connectivity index (χ0n) is 18.7. The molecule has 0 aliphatic rings. The molecule has 0 radical (unpaired) electrons. The third-order valence-electron chi connectivity index (χ3n) is 6.24. The molecule has 2 rings (SSSR count). The average Bonchev–Trinajstić information content (AvgIpc) is 2.74. The molecule has 0 fully saturated rings. The summed E-state index contributed by atoms with van der Waals surface area (Å²) in [7, 11) is -0.791. The molecule has 0 aromatic heterocycles. The Kier molecular flexibility index (Phi) is 16.8. The predicted molar refractivity (Wildman–Crippen MR) is 124 cm³/mol. The molecule has 0 atom stereocenters. The van der Waals surface area contributed by atoms with Crippen molar-refractivity contribution >= 4 is 18.3 Å². The van der Waals surface area contributed by atoms with E-state index in [-0.39, 0.29) is 36.4 Å². The lowest BCUT2D eigenvalue weighted by Crippen LogP contribution is -3.00. The van der Waals surface area contributed by atoms with E-state index in [0.717, 1.165) is 4.48 Å². The second-order valence-electron chi connectivity index (χ2n) is 6.86. The van der Waals surface area contributed by atoms with Crippen LogP contribution >= 0.6 is 7.26 Å². The zero-order valence-corrected chi connectivity index (χ0v) is 22.5. The number of hydrogen-bond acceptors (Lipinski definition) is 0. The van der Waals surface area contributed by atoms with Crippen LogP contribution in [0, 0.1) is 0 Å². The molecular formula is C24H40ClINP. The monoisotopic (exact) mass is 535 g/mol. The number of rotatable bonds is 8. The second-order valence-corrected chi connectivity index (χ2v) is 11.6. The fourth-order valence-corrected chi connectivity index (χ4v) is 7.17. The van der Waals surface area contributed by atoms with Gasteiger partial charge in [-0.05, 0) is 65.8 Å². The van der Waals surface area contributed by atoms with Crippen molar-refractivity contribution in [3.8, 4) is 0 Å². The van der Waals surface area contributed by atoms with E-state index in [9.17, 15) is 0 Å². The summed E-state index contributed by atoms with van der Waals surface area (Å²) < 4.78 is 1.10. The first-order chi connectivity index (χ1) is 12.6. The number of quaternary nitrogens is 1. The topological polar surface area (TPSA) is 0 Å². The van der Waals surface area contributed by atoms with Crippen LogP contribution in [0.4, 0.5) is 5.69 Å². The predicted octanol–water partition coefficient (Wildman–Crippen LogP) is 0.451. The number of para-hydroxylation sites is 1. The minimum Gasteiger partial charge on any atom is -1.00 e. The summed E-state index contributed by atoms with van der Waals surface area (Å²) in [5.41, 5.74) is 1.44. The molecule has 0 spiro atoms. The zero-order chi connectivity index (χ0) is 19.5. The van der Waals surface area contributed by atoms with Crippen molar-refractivity contribution in [2.24, 2.45) is 0 Å². The van der Waals surface area contributed by atoms with E-state index in [1.54, 1.807) is 5.30 Å². The first-order valence-corrected chi connectivity index (χ1v) is 12.8. The molecule has 0 bridgehead atoms. The van der Waals surface area contributed by atoms with Gasteiger partial charge in [-0.2, -0.15) is 0 Å². The van der Waals surface area contributed by atoms with E-state index < -0.39 is 7.26 Å². The number of nitrogens with zero attached hydrogens (tertiary/aromatic N) is 1. The Morgan fingerprint density at radius 2 is 0.964 bits per heavy atom. The fraction of sp³-hybridized carbons (Fsp3) is 0.500. The van der Waals surface area contributed by atoms with Crippen LogP contribution in [0.3, 0.4) is 0 Å². The molecule has 0 saturated carbocycles. The normalized spacial score (nSPS) is 10.8. The molecule has 2 aromatic rings. The molecule has 0 N–H and O–H groups in total. The van der Waals surface area contributed by atoms with Gasteiger partial charge in [-0.3, -0.25) is 4.48 Å². The summed E-state index contributed by atoms with van der Waals surface area (Å²) in [5, 5.41) is 1.61. The van der Waals surface area contributed by atoms with E-state index in [0.29, 0.717) is 0 Å². The minimum atomic E-state index is -0.791. The minimum absolute atomic E-state index is 0. The van der Waals surface area contributed by atoms with E-state index in [2.05, 4.69) is 102 Å². The van der Waals surface area contributed by atoms with Crippen molar-refractivity contribution in [2.45, 2.75) is 41.5 Å². The standard InChI is InChI=1S/C12H20N.C12H20P.ClH.HI/c2*1-4-13(5-2,6-3)12-10-8-7-9-11-12;;/h2*7-11H,4-6H2,1-3H3;2*1H/q2*+1;;/p-2. The van der Waals surface area contributed by atoms with Crippen molar-refractivity contribution in [1.29, 1.82) is 0 Å². The van der Waals surface area contributed by atoms with Gasteiger partial charge in [0.15, 0.2) is 0 Å². The van der Waals surface area contributed by atoms with Gasteiger partial charge in [-0.25, -0.2) is 0 Å². The highest BCUT2D eigenvalue weighted by Crippen LogP contribution is 2.56. The van der Waals surface area contributed by atoms with Gasteiger partial charge in [0.2, 0.25) is 0 Å². The summed E-state index contributed by atoms with van der Waals surface area (Å²) >= 11 is 0. The van der Waals surface area contributed by atoms with Gasteiger partial charge in [-0.15, -0.1) is 0 Å². The van der Waals surface area contributed by atoms with E-state index in [4.69, 9.17) is 0 Å². The maximum atomic E-state index is 2.34. The number of hydrogen-bond donors (Lipinski definition) is 0. The summed E-state index contributed by atoms with van der Waals surface area (Å²) in [4.78, 5) is 0.